The Morgan fingerprint density at radius 1 is 0.571 bits per heavy atom. The molecule has 1 aliphatic rings. The number of aliphatic imine (C=N–C) groups is 1. The van der Waals surface area contributed by atoms with Gasteiger partial charge in [-0.05, 0) is 12.8 Å². The van der Waals surface area contributed by atoms with E-state index in [-0.39, 0.29) is 25.7 Å². The number of nitrogens with zero attached hydrogens (tertiary/aromatic N) is 1. The average Bonchev–Trinajstić information content (AvgIpc) is 2.53. The van der Waals surface area contributed by atoms with Crippen LogP contribution in [-0.2, 0) is 0 Å². The lowest BCUT2D eigenvalue weighted by Crippen LogP contribution is -2.71. The standard InChI is InChI=1S/C13H11F14N/c14-7(28-6-4-2-1-3-5-6)8(15,16)9(17,18)10(19,20)11(21,22)12(23,24)13(25,26)27/h6H,1-5H2. The second-order valence-electron chi connectivity index (χ2n) is 6.08. The third-order valence-electron chi connectivity index (χ3n) is 4.06. The number of hydrogen-bond donors (Lipinski definition) is 0. The summed E-state index contributed by atoms with van der Waals surface area (Å²) in [6, 6.07) is -1.40. The molecule has 0 aromatic rings. The molecule has 166 valence electrons. The number of rotatable bonds is 6. The van der Waals surface area contributed by atoms with Crippen molar-refractivity contribution in [3.05, 3.63) is 0 Å². The molecule has 0 aliphatic heterocycles. The highest BCUT2D eigenvalue weighted by Crippen LogP contribution is 2.60. The highest BCUT2D eigenvalue weighted by Gasteiger charge is 2.91. The summed E-state index contributed by atoms with van der Waals surface area (Å²) in [6.45, 7) is 0. The predicted molar refractivity (Wildman–Crippen MR) is 66.2 cm³/mol. The van der Waals surface area contributed by atoms with Gasteiger partial charge in [-0.3, -0.25) is 4.99 Å². The van der Waals surface area contributed by atoms with Crippen LogP contribution in [0.1, 0.15) is 32.1 Å². The zero-order chi connectivity index (χ0) is 22.4. The van der Waals surface area contributed by atoms with Gasteiger partial charge < -0.3 is 0 Å². The first-order valence-electron chi connectivity index (χ1n) is 7.44. The fraction of sp³-hybridized carbons (Fsp3) is 0.923. The predicted octanol–water partition coefficient (Wildman–Crippen LogP) is 6.43. The number of halogens is 14. The SMILES string of the molecule is FC(=NC1CCCCC1)C(F)(F)C(F)(F)C(F)(F)C(F)(F)C(F)(F)C(F)(F)F. The highest BCUT2D eigenvalue weighted by atomic mass is 19.4. The van der Waals surface area contributed by atoms with Gasteiger partial charge in [-0.15, -0.1) is 0 Å². The minimum Gasteiger partial charge on any atom is -0.253 e. The molecule has 1 rings (SSSR count). The summed E-state index contributed by atoms with van der Waals surface area (Å²) in [6.07, 6.45) is -6.75. The van der Waals surface area contributed by atoms with Crippen molar-refractivity contribution in [1.29, 1.82) is 0 Å². The molecule has 0 bridgehead atoms. The third-order valence-corrected chi connectivity index (χ3v) is 4.06. The van der Waals surface area contributed by atoms with Crippen LogP contribution in [0.5, 0.6) is 0 Å². The van der Waals surface area contributed by atoms with Gasteiger partial charge in [0.1, 0.15) is 0 Å². The van der Waals surface area contributed by atoms with Gasteiger partial charge in [0.05, 0.1) is 6.04 Å². The van der Waals surface area contributed by atoms with Gasteiger partial charge in [-0.2, -0.15) is 61.5 Å². The Balaban J connectivity index is 3.38. The van der Waals surface area contributed by atoms with Crippen molar-refractivity contribution in [2.45, 2.75) is 73.9 Å². The molecule has 0 aromatic carbocycles. The summed E-state index contributed by atoms with van der Waals surface area (Å²) in [5.41, 5.74) is 0. The quantitative estimate of drug-likeness (QED) is 0.329. The van der Waals surface area contributed by atoms with E-state index in [4.69, 9.17) is 0 Å². The van der Waals surface area contributed by atoms with Crippen LogP contribution in [-0.4, -0.2) is 47.8 Å². The van der Waals surface area contributed by atoms with Crippen LogP contribution in [0.15, 0.2) is 4.99 Å². The Labute approximate surface area is 147 Å². The van der Waals surface area contributed by atoms with Crippen molar-refractivity contribution >= 4 is 5.97 Å². The molecule has 0 amide bonds. The second kappa shape index (κ2) is 7.18. The Morgan fingerprint density at radius 3 is 1.36 bits per heavy atom. The first-order valence-corrected chi connectivity index (χ1v) is 7.44. The van der Waals surface area contributed by atoms with Gasteiger partial charge in [-0.1, -0.05) is 19.3 Å². The van der Waals surface area contributed by atoms with E-state index in [1.54, 1.807) is 0 Å². The molecule has 1 fully saturated rings. The molecule has 1 nitrogen and oxygen atoms in total. The molecule has 0 heterocycles. The fourth-order valence-electron chi connectivity index (χ4n) is 2.35. The first-order chi connectivity index (χ1) is 12.2. The van der Waals surface area contributed by atoms with Crippen LogP contribution in [0.25, 0.3) is 0 Å². The van der Waals surface area contributed by atoms with Gasteiger partial charge in [-0.25, -0.2) is 0 Å². The number of alkyl halides is 13. The zero-order valence-electron chi connectivity index (χ0n) is 13.4. The molecular formula is C13H11F14N. The summed E-state index contributed by atoms with van der Waals surface area (Å²) in [4.78, 5) is 2.41. The summed E-state index contributed by atoms with van der Waals surface area (Å²) in [5.74, 6) is -42.0. The third kappa shape index (κ3) is 3.64. The molecule has 0 saturated heterocycles. The summed E-state index contributed by atoms with van der Waals surface area (Å²) >= 11 is 0. The van der Waals surface area contributed by atoms with Crippen molar-refractivity contribution in [3.8, 4) is 0 Å². The molecule has 0 radical (unpaired) electrons. The van der Waals surface area contributed by atoms with Crippen molar-refractivity contribution in [3.63, 3.8) is 0 Å². The summed E-state index contributed by atoms with van der Waals surface area (Å²) in [5, 5.41) is 0. The molecule has 0 unspecified atom stereocenters. The normalized spacial score (nSPS) is 19.9. The smallest absolute Gasteiger partial charge is 0.253 e. The van der Waals surface area contributed by atoms with E-state index in [0.29, 0.717) is 6.42 Å². The largest absolute Gasteiger partial charge is 0.460 e. The van der Waals surface area contributed by atoms with Gasteiger partial charge >= 0.3 is 35.8 Å². The van der Waals surface area contributed by atoms with Gasteiger partial charge in [0.25, 0.3) is 5.97 Å². The maximum absolute atomic E-state index is 13.5. The summed E-state index contributed by atoms with van der Waals surface area (Å²) < 4.78 is 181. The van der Waals surface area contributed by atoms with E-state index in [1.165, 1.54) is 0 Å². The lowest BCUT2D eigenvalue weighted by Gasteiger charge is -2.39. The lowest BCUT2D eigenvalue weighted by molar-refractivity contribution is -0.435. The van der Waals surface area contributed by atoms with Crippen LogP contribution >= 0.6 is 0 Å². The zero-order valence-corrected chi connectivity index (χ0v) is 13.4. The Morgan fingerprint density at radius 2 is 0.964 bits per heavy atom. The summed E-state index contributed by atoms with van der Waals surface area (Å²) in [7, 11) is 0. The van der Waals surface area contributed by atoms with Crippen LogP contribution in [0.4, 0.5) is 61.5 Å². The van der Waals surface area contributed by atoms with Gasteiger partial charge in [0.15, 0.2) is 0 Å². The molecule has 1 aliphatic carbocycles. The molecule has 1 saturated carbocycles. The van der Waals surface area contributed by atoms with E-state index in [1.807, 2.05) is 0 Å². The van der Waals surface area contributed by atoms with E-state index >= 15 is 0 Å². The van der Waals surface area contributed by atoms with Crippen molar-refractivity contribution in [2.75, 3.05) is 0 Å². The molecule has 15 heteroatoms. The van der Waals surface area contributed by atoms with Crippen molar-refractivity contribution < 1.29 is 61.5 Å². The molecule has 0 N–H and O–H groups in total. The molecule has 0 aromatic heterocycles. The van der Waals surface area contributed by atoms with E-state index < -0.39 is 47.8 Å². The maximum Gasteiger partial charge on any atom is 0.460 e. The highest BCUT2D eigenvalue weighted by molar-refractivity contribution is 5.84. The minimum atomic E-state index is -8.05. The molecular weight excluding hydrogens is 436 g/mol. The lowest BCUT2D eigenvalue weighted by atomic mass is 9.93. The Kier molecular flexibility index (Phi) is 6.34. The Hall–Kier alpha value is -1.31. The van der Waals surface area contributed by atoms with Gasteiger partial charge in [0.2, 0.25) is 0 Å². The van der Waals surface area contributed by atoms with Crippen LogP contribution in [0, 0.1) is 0 Å². The monoisotopic (exact) mass is 447 g/mol. The van der Waals surface area contributed by atoms with Crippen molar-refractivity contribution in [2.24, 2.45) is 4.99 Å². The maximum atomic E-state index is 13.5. The van der Waals surface area contributed by atoms with Crippen LogP contribution in [0.3, 0.4) is 0 Å². The Bertz CT molecular complexity index is 585. The number of hydrogen-bond acceptors (Lipinski definition) is 1. The van der Waals surface area contributed by atoms with Crippen LogP contribution in [0.2, 0.25) is 0 Å². The molecule has 28 heavy (non-hydrogen) atoms. The van der Waals surface area contributed by atoms with E-state index in [2.05, 4.69) is 4.99 Å². The second-order valence-corrected chi connectivity index (χ2v) is 6.08. The molecule has 0 atom stereocenters. The minimum absolute atomic E-state index is 0.145. The topological polar surface area (TPSA) is 12.4 Å². The van der Waals surface area contributed by atoms with Crippen LogP contribution < -0.4 is 0 Å². The molecule has 0 spiro atoms. The van der Waals surface area contributed by atoms with E-state index in [9.17, 15) is 61.5 Å². The van der Waals surface area contributed by atoms with Gasteiger partial charge in [0, 0.05) is 0 Å². The average molecular weight is 447 g/mol. The van der Waals surface area contributed by atoms with Crippen molar-refractivity contribution in [1.82, 2.24) is 0 Å². The first kappa shape index (κ1) is 24.7. The van der Waals surface area contributed by atoms with E-state index in [0.717, 1.165) is 0 Å². The fourth-order valence-corrected chi connectivity index (χ4v) is 2.35.